The SMILES string of the molecule is CCS(=O)(=O)CCOc1cccc(N2CCC(N)CC2)c1. The van der Waals surface area contributed by atoms with Crippen LogP contribution in [0, 0.1) is 0 Å². The predicted molar refractivity (Wildman–Crippen MR) is 85.7 cm³/mol. The summed E-state index contributed by atoms with van der Waals surface area (Å²) in [5.74, 6) is 0.935. The summed E-state index contributed by atoms with van der Waals surface area (Å²) in [4.78, 5) is 2.29. The van der Waals surface area contributed by atoms with E-state index >= 15 is 0 Å². The van der Waals surface area contributed by atoms with E-state index in [1.165, 1.54) is 0 Å². The number of sulfone groups is 1. The Hall–Kier alpha value is -1.27. The van der Waals surface area contributed by atoms with Crippen LogP contribution in [0.1, 0.15) is 19.8 Å². The average Bonchev–Trinajstić information content (AvgIpc) is 2.48. The molecule has 2 N–H and O–H groups in total. The lowest BCUT2D eigenvalue weighted by Crippen LogP contribution is -2.39. The van der Waals surface area contributed by atoms with Gasteiger partial charge in [0, 0.05) is 36.6 Å². The van der Waals surface area contributed by atoms with Gasteiger partial charge in [-0.2, -0.15) is 0 Å². The second-order valence-corrected chi connectivity index (χ2v) is 7.88. The van der Waals surface area contributed by atoms with Crippen molar-refractivity contribution in [2.24, 2.45) is 5.73 Å². The first kappa shape index (κ1) is 16.1. The van der Waals surface area contributed by atoms with Crippen LogP contribution < -0.4 is 15.4 Å². The molecule has 118 valence electrons. The molecule has 1 aromatic rings. The van der Waals surface area contributed by atoms with Crippen LogP contribution in [0.5, 0.6) is 5.75 Å². The molecule has 0 spiro atoms. The molecule has 6 heteroatoms. The van der Waals surface area contributed by atoms with Crippen molar-refractivity contribution in [1.82, 2.24) is 0 Å². The van der Waals surface area contributed by atoms with Gasteiger partial charge in [-0.1, -0.05) is 13.0 Å². The maximum Gasteiger partial charge on any atom is 0.153 e. The van der Waals surface area contributed by atoms with Crippen molar-refractivity contribution >= 4 is 15.5 Å². The van der Waals surface area contributed by atoms with Crippen LogP contribution in [0.25, 0.3) is 0 Å². The van der Waals surface area contributed by atoms with Crippen LogP contribution in [0.4, 0.5) is 5.69 Å². The van der Waals surface area contributed by atoms with E-state index in [0.29, 0.717) is 11.8 Å². The minimum atomic E-state index is -2.98. The van der Waals surface area contributed by atoms with Gasteiger partial charge in [-0.15, -0.1) is 0 Å². The highest BCUT2D eigenvalue weighted by Crippen LogP contribution is 2.24. The molecule has 1 aliphatic heterocycles. The molecule has 0 aliphatic carbocycles. The molecule has 0 unspecified atom stereocenters. The summed E-state index contributed by atoms with van der Waals surface area (Å²) >= 11 is 0. The van der Waals surface area contributed by atoms with Gasteiger partial charge in [0.15, 0.2) is 9.84 Å². The molecular formula is C15H24N2O3S. The number of benzene rings is 1. The fourth-order valence-corrected chi connectivity index (χ4v) is 2.98. The minimum Gasteiger partial charge on any atom is -0.492 e. The summed E-state index contributed by atoms with van der Waals surface area (Å²) in [7, 11) is -2.98. The molecule has 1 heterocycles. The number of anilines is 1. The molecule has 0 radical (unpaired) electrons. The average molecular weight is 312 g/mol. The van der Waals surface area contributed by atoms with E-state index in [2.05, 4.69) is 4.90 Å². The van der Waals surface area contributed by atoms with E-state index in [4.69, 9.17) is 10.5 Å². The lowest BCUT2D eigenvalue weighted by molar-refractivity contribution is 0.341. The summed E-state index contributed by atoms with van der Waals surface area (Å²) in [6, 6.07) is 8.12. The van der Waals surface area contributed by atoms with E-state index in [9.17, 15) is 8.42 Å². The molecule has 1 fully saturated rings. The van der Waals surface area contributed by atoms with Crippen molar-refractivity contribution in [2.45, 2.75) is 25.8 Å². The van der Waals surface area contributed by atoms with Crippen molar-refractivity contribution in [3.05, 3.63) is 24.3 Å². The highest BCUT2D eigenvalue weighted by molar-refractivity contribution is 7.91. The zero-order valence-corrected chi connectivity index (χ0v) is 13.3. The summed E-state index contributed by atoms with van der Waals surface area (Å²) in [5, 5.41) is 0. The molecule has 0 amide bonds. The van der Waals surface area contributed by atoms with Crippen molar-refractivity contribution in [3.63, 3.8) is 0 Å². The highest BCUT2D eigenvalue weighted by atomic mass is 32.2. The summed E-state index contributed by atoms with van der Waals surface area (Å²) in [6.07, 6.45) is 2.00. The van der Waals surface area contributed by atoms with Crippen molar-refractivity contribution < 1.29 is 13.2 Å². The predicted octanol–water partition coefficient (Wildman–Crippen LogP) is 1.43. The Labute approximate surface area is 127 Å². The Kier molecular flexibility index (Phi) is 5.47. The maximum absolute atomic E-state index is 11.4. The van der Waals surface area contributed by atoms with Gasteiger partial charge >= 0.3 is 0 Å². The van der Waals surface area contributed by atoms with Crippen LogP contribution in [0.3, 0.4) is 0 Å². The zero-order chi connectivity index (χ0) is 15.3. The second-order valence-electron chi connectivity index (χ2n) is 5.41. The van der Waals surface area contributed by atoms with Gasteiger partial charge in [0.1, 0.15) is 12.4 Å². The first-order valence-electron chi connectivity index (χ1n) is 7.44. The van der Waals surface area contributed by atoms with E-state index in [1.807, 2.05) is 24.3 Å². The Morgan fingerprint density at radius 2 is 2.05 bits per heavy atom. The number of nitrogens with two attached hydrogens (primary N) is 1. The molecule has 2 rings (SSSR count). The number of hydrogen-bond donors (Lipinski definition) is 1. The molecule has 0 bridgehead atoms. The molecule has 0 aromatic heterocycles. The van der Waals surface area contributed by atoms with Gasteiger partial charge in [0.25, 0.3) is 0 Å². The number of ether oxygens (including phenoxy) is 1. The van der Waals surface area contributed by atoms with E-state index < -0.39 is 9.84 Å². The fourth-order valence-electron chi connectivity index (χ4n) is 2.36. The molecule has 5 nitrogen and oxygen atoms in total. The molecule has 1 saturated heterocycles. The van der Waals surface area contributed by atoms with Gasteiger partial charge in [0.2, 0.25) is 0 Å². The van der Waals surface area contributed by atoms with Gasteiger partial charge in [-0.3, -0.25) is 0 Å². The fraction of sp³-hybridized carbons (Fsp3) is 0.600. The molecule has 1 aromatic carbocycles. The Morgan fingerprint density at radius 1 is 1.33 bits per heavy atom. The van der Waals surface area contributed by atoms with Crippen LogP contribution in [0.2, 0.25) is 0 Å². The quantitative estimate of drug-likeness (QED) is 0.860. The zero-order valence-electron chi connectivity index (χ0n) is 12.5. The first-order valence-corrected chi connectivity index (χ1v) is 9.26. The van der Waals surface area contributed by atoms with Gasteiger partial charge in [-0.05, 0) is 25.0 Å². The lowest BCUT2D eigenvalue weighted by atomic mass is 10.1. The van der Waals surface area contributed by atoms with Gasteiger partial charge in [0.05, 0.1) is 5.75 Å². The summed E-state index contributed by atoms with van der Waals surface area (Å²) < 4.78 is 28.4. The molecule has 1 aliphatic rings. The van der Waals surface area contributed by atoms with Gasteiger partial charge in [-0.25, -0.2) is 8.42 Å². The maximum atomic E-state index is 11.4. The monoisotopic (exact) mass is 312 g/mol. The standard InChI is InChI=1S/C15H24N2O3S/c1-2-21(18,19)11-10-20-15-5-3-4-14(12-15)17-8-6-13(16)7-9-17/h3-5,12-13H,2,6-11,16H2,1H3. The topological polar surface area (TPSA) is 72.6 Å². The van der Waals surface area contributed by atoms with Crippen molar-refractivity contribution in [2.75, 3.05) is 36.1 Å². The van der Waals surface area contributed by atoms with Gasteiger partial charge < -0.3 is 15.4 Å². The van der Waals surface area contributed by atoms with Crippen LogP contribution in [-0.2, 0) is 9.84 Å². The number of nitrogens with zero attached hydrogens (tertiary/aromatic N) is 1. The Morgan fingerprint density at radius 3 is 2.71 bits per heavy atom. The van der Waals surface area contributed by atoms with Crippen molar-refractivity contribution in [3.8, 4) is 5.75 Å². The summed E-state index contributed by atoms with van der Waals surface area (Å²) in [6.45, 7) is 3.76. The number of rotatable bonds is 6. The third-order valence-electron chi connectivity index (χ3n) is 3.83. The third-order valence-corrected chi connectivity index (χ3v) is 5.49. The molecule has 0 saturated carbocycles. The van der Waals surface area contributed by atoms with E-state index in [0.717, 1.165) is 31.6 Å². The van der Waals surface area contributed by atoms with E-state index in [1.54, 1.807) is 6.92 Å². The second kappa shape index (κ2) is 7.13. The van der Waals surface area contributed by atoms with Crippen molar-refractivity contribution in [1.29, 1.82) is 0 Å². The Bertz CT molecular complexity index is 552. The normalized spacial score (nSPS) is 17.0. The third kappa shape index (κ3) is 4.89. The first-order chi connectivity index (χ1) is 10.00. The number of piperidine rings is 1. The van der Waals surface area contributed by atoms with Crippen LogP contribution in [0.15, 0.2) is 24.3 Å². The smallest absolute Gasteiger partial charge is 0.153 e. The largest absolute Gasteiger partial charge is 0.492 e. The van der Waals surface area contributed by atoms with Crippen LogP contribution in [-0.4, -0.2) is 45.7 Å². The highest BCUT2D eigenvalue weighted by Gasteiger charge is 2.16. The molecule has 0 atom stereocenters. The molecular weight excluding hydrogens is 288 g/mol. The molecule has 21 heavy (non-hydrogen) atoms. The minimum absolute atomic E-state index is 0.0618. The Balaban J connectivity index is 1.92. The van der Waals surface area contributed by atoms with E-state index in [-0.39, 0.29) is 18.1 Å². The van der Waals surface area contributed by atoms with Crippen LogP contribution >= 0.6 is 0 Å². The summed E-state index contributed by atoms with van der Waals surface area (Å²) in [5.41, 5.74) is 7.03. The lowest BCUT2D eigenvalue weighted by Gasteiger charge is -2.32. The number of hydrogen-bond acceptors (Lipinski definition) is 5.